The lowest BCUT2D eigenvalue weighted by atomic mass is 10.2. The van der Waals surface area contributed by atoms with Crippen LogP contribution < -0.4 is 10.2 Å². The molecule has 0 radical (unpaired) electrons. The Balaban J connectivity index is 1.74. The molecule has 1 aromatic carbocycles. The van der Waals surface area contributed by atoms with Crippen molar-refractivity contribution < 1.29 is 45.0 Å². The molecule has 1 aliphatic heterocycles. The largest absolute Gasteiger partial charge is 0.464 e. The summed E-state index contributed by atoms with van der Waals surface area (Å²) < 4.78 is 69.4. The van der Waals surface area contributed by atoms with E-state index in [1.807, 2.05) is 24.3 Å². The molecule has 13 nitrogen and oxygen atoms in total. The van der Waals surface area contributed by atoms with Gasteiger partial charge in [-0.1, -0.05) is 6.07 Å². The standard InChI is InChI=1S/C18H27N3O10S2/c22-17(30-10-12-32(24,25)26)4-5-19-15-2-1-3-16(14-15)20-6-8-21(9-7-20)18(23)31-11-13-33(27,28)29/h1-3,14,19H,4-13H2,(H,24,25,26)(H,27,28,29). The number of esters is 1. The van der Waals surface area contributed by atoms with Crippen molar-refractivity contribution in [1.29, 1.82) is 0 Å². The number of nitrogens with one attached hydrogen (secondary N) is 1. The Labute approximate surface area is 192 Å². The van der Waals surface area contributed by atoms with Crippen LogP contribution >= 0.6 is 0 Å². The van der Waals surface area contributed by atoms with Crippen LogP contribution in [-0.4, -0.2) is 100 Å². The summed E-state index contributed by atoms with van der Waals surface area (Å²) in [5, 5.41) is 3.07. The van der Waals surface area contributed by atoms with E-state index in [2.05, 4.69) is 10.2 Å². The number of piperazine rings is 1. The van der Waals surface area contributed by atoms with Crippen molar-refractivity contribution >= 4 is 43.7 Å². The number of rotatable bonds is 11. The predicted molar refractivity (Wildman–Crippen MR) is 118 cm³/mol. The molecule has 0 spiro atoms. The molecule has 1 aromatic rings. The normalized spacial score (nSPS) is 14.6. The number of benzene rings is 1. The van der Waals surface area contributed by atoms with Crippen LogP contribution in [-0.2, 0) is 34.5 Å². The highest BCUT2D eigenvalue weighted by Crippen LogP contribution is 2.21. The first-order valence-electron chi connectivity index (χ1n) is 9.99. The van der Waals surface area contributed by atoms with Gasteiger partial charge in [-0.25, -0.2) is 4.79 Å². The highest BCUT2D eigenvalue weighted by atomic mass is 32.2. The van der Waals surface area contributed by atoms with E-state index in [9.17, 15) is 26.4 Å². The Hall–Kier alpha value is -2.62. The van der Waals surface area contributed by atoms with Crippen LogP contribution in [0, 0.1) is 0 Å². The fraction of sp³-hybridized carbons (Fsp3) is 0.556. The minimum Gasteiger partial charge on any atom is -0.464 e. The minimum atomic E-state index is -4.19. The molecule has 0 bridgehead atoms. The van der Waals surface area contributed by atoms with Gasteiger partial charge in [0.2, 0.25) is 0 Å². The van der Waals surface area contributed by atoms with Gasteiger partial charge in [-0.2, -0.15) is 16.8 Å². The molecular weight excluding hydrogens is 482 g/mol. The van der Waals surface area contributed by atoms with Crippen LogP contribution in [0.3, 0.4) is 0 Å². The van der Waals surface area contributed by atoms with Crippen LogP contribution in [0.2, 0.25) is 0 Å². The second-order valence-corrected chi connectivity index (χ2v) is 10.3. The molecule has 33 heavy (non-hydrogen) atoms. The van der Waals surface area contributed by atoms with Gasteiger partial charge < -0.3 is 24.6 Å². The van der Waals surface area contributed by atoms with E-state index in [0.717, 1.165) is 11.4 Å². The number of amides is 1. The van der Waals surface area contributed by atoms with Gasteiger partial charge >= 0.3 is 12.1 Å². The van der Waals surface area contributed by atoms with Crippen molar-refractivity contribution in [2.24, 2.45) is 0 Å². The van der Waals surface area contributed by atoms with Crippen molar-refractivity contribution in [2.75, 3.05) is 67.7 Å². The van der Waals surface area contributed by atoms with Gasteiger partial charge in [0.15, 0.2) is 0 Å². The fourth-order valence-electron chi connectivity index (χ4n) is 2.93. The van der Waals surface area contributed by atoms with Crippen LogP contribution in [0.5, 0.6) is 0 Å². The molecule has 0 aliphatic carbocycles. The van der Waals surface area contributed by atoms with E-state index in [4.69, 9.17) is 18.6 Å². The first-order chi connectivity index (χ1) is 15.4. The summed E-state index contributed by atoms with van der Waals surface area (Å²) in [6.45, 7) is 1.23. The number of carbonyl (C=O) groups excluding carboxylic acids is 2. The molecule has 0 aromatic heterocycles. The summed E-state index contributed by atoms with van der Waals surface area (Å²) in [6, 6.07) is 7.42. The van der Waals surface area contributed by atoms with E-state index in [-0.39, 0.29) is 13.0 Å². The Morgan fingerprint density at radius 3 is 2.15 bits per heavy atom. The second-order valence-electron chi connectivity index (χ2n) is 7.11. The molecule has 3 N–H and O–H groups in total. The lowest BCUT2D eigenvalue weighted by molar-refractivity contribution is -0.142. The lowest BCUT2D eigenvalue weighted by Gasteiger charge is -2.35. The maximum absolute atomic E-state index is 12.0. The Morgan fingerprint density at radius 1 is 0.939 bits per heavy atom. The zero-order chi connectivity index (χ0) is 24.5. The maximum atomic E-state index is 12.0. The molecule has 0 atom stereocenters. The highest BCUT2D eigenvalue weighted by molar-refractivity contribution is 7.86. The summed E-state index contributed by atoms with van der Waals surface area (Å²) in [5.41, 5.74) is 1.65. The number of hydrogen-bond acceptors (Lipinski definition) is 10. The van der Waals surface area contributed by atoms with Gasteiger partial charge in [0.1, 0.15) is 24.7 Å². The average molecular weight is 510 g/mol. The summed E-state index contributed by atoms with van der Waals surface area (Å²) in [4.78, 5) is 27.1. The number of ether oxygens (including phenoxy) is 2. The number of carbonyl (C=O) groups is 2. The lowest BCUT2D eigenvalue weighted by Crippen LogP contribution is -2.49. The minimum absolute atomic E-state index is 0.00801. The van der Waals surface area contributed by atoms with Crippen molar-refractivity contribution in [1.82, 2.24) is 4.90 Å². The first kappa shape index (κ1) is 26.6. The van der Waals surface area contributed by atoms with Gasteiger partial charge in [-0.05, 0) is 18.2 Å². The number of nitrogens with zero attached hydrogens (tertiary/aromatic N) is 2. The average Bonchev–Trinajstić information content (AvgIpc) is 2.72. The third-order valence-electron chi connectivity index (χ3n) is 4.58. The summed E-state index contributed by atoms with van der Waals surface area (Å²) in [6.07, 6.45) is -0.633. The molecule has 15 heteroatoms. The summed E-state index contributed by atoms with van der Waals surface area (Å²) in [5.74, 6) is -1.90. The van der Waals surface area contributed by atoms with Crippen molar-refractivity contribution in [2.45, 2.75) is 6.42 Å². The quantitative estimate of drug-likeness (QED) is 0.270. The molecule has 1 aliphatic rings. The molecule has 2 rings (SSSR count). The monoisotopic (exact) mass is 509 g/mol. The van der Waals surface area contributed by atoms with E-state index >= 15 is 0 Å². The van der Waals surface area contributed by atoms with Crippen molar-refractivity contribution in [3.8, 4) is 0 Å². The van der Waals surface area contributed by atoms with E-state index in [1.165, 1.54) is 4.90 Å². The van der Waals surface area contributed by atoms with Crippen molar-refractivity contribution in [3.05, 3.63) is 24.3 Å². The fourth-order valence-corrected chi connectivity index (χ4v) is 3.52. The zero-order valence-corrected chi connectivity index (χ0v) is 19.4. The molecular formula is C18H27N3O10S2. The molecule has 1 heterocycles. The van der Waals surface area contributed by atoms with Gasteiger partial charge in [0.25, 0.3) is 20.2 Å². The maximum Gasteiger partial charge on any atom is 0.409 e. The molecule has 1 amide bonds. The second kappa shape index (κ2) is 12.0. The first-order valence-corrected chi connectivity index (χ1v) is 13.2. The molecule has 0 unspecified atom stereocenters. The van der Waals surface area contributed by atoms with Gasteiger partial charge in [0, 0.05) is 44.1 Å². The predicted octanol–water partition coefficient (Wildman–Crippen LogP) is 0.0660. The molecule has 186 valence electrons. The van der Waals surface area contributed by atoms with E-state index in [1.54, 1.807) is 0 Å². The van der Waals surface area contributed by atoms with E-state index < -0.39 is 57.0 Å². The summed E-state index contributed by atoms with van der Waals surface area (Å²) in [7, 11) is -8.36. The Kier molecular flexibility index (Phi) is 9.70. The van der Waals surface area contributed by atoms with Crippen LogP contribution in [0.1, 0.15) is 6.42 Å². The van der Waals surface area contributed by atoms with Crippen LogP contribution in [0.25, 0.3) is 0 Å². The Bertz CT molecular complexity index is 1020. The molecule has 0 saturated carbocycles. The van der Waals surface area contributed by atoms with Gasteiger partial charge in [-0.15, -0.1) is 0 Å². The van der Waals surface area contributed by atoms with E-state index in [0.29, 0.717) is 26.2 Å². The third-order valence-corrected chi connectivity index (χ3v) is 5.94. The summed E-state index contributed by atoms with van der Waals surface area (Å²) >= 11 is 0. The van der Waals surface area contributed by atoms with Crippen LogP contribution in [0.4, 0.5) is 16.2 Å². The number of anilines is 2. The zero-order valence-electron chi connectivity index (χ0n) is 17.8. The molecule has 1 fully saturated rings. The van der Waals surface area contributed by atoms with Gasteiger partial charge in [-0.3, -0.25) is 13.9 Å². The Morgan fingerprint density at radius 2 is 1.55 bits per heavy atom. The topological polar surface area (TPSA) is 180 Å². The number of hydrogen-bond donors (Lipinski definition) is 3. The molecule has 1 saturated heterocycles. The SMILES string of the molecule is O=C(CCNc1cccc(N2CCN(C(=O)OCCS(=O)(=O)O)CC2)c1)OCCS(=O)(=O)O. The highest BCUT2D eigenvalue weighted by Gasteiger charge is 2.23. The van der Waals surface area contributed by atoms with Crippen molar-refractivity contribution in [3.63, 3.8) is 0 Å². The smallest absolute Gasteiger partial charge is 0.409 e. The third kappa shape index (κ3) is 10.7. The van der Waals surface area contributed by atoms with Crippen LogP contribution in [0.15, 0.2) is 24.3 Å². The van der Waals surface area contributed by atoms with Gasteiger partial charge in [0.05, 0.1) is 6.42 Å².